The molecule has 2 aliphatic rings. The van der Waals surface area contributed by atoms with Gasteiger partial charge in [-0.1, -0.05) is 74.4 Å². The maximum atomic E-state index is 14.3. The van der Waals surface area contributed by atoms with E-state index >= 15 is 0 Å². The average molecular weight is 911 g/mol. The number of hydrogen-bond acceptors (Lipinski definition) is 11. The molecule has 0 saturated heterocycles. The van der Waals surface area contributed by atoms with Gasteiger partial charge in [-0.05, 0) is 71.2 Å². The number of benzene rings is 3. The summed E-state index contributed by atoms with van der Waals surface area (Å²) in [5.41, 5.74) is 9.43. The number of ether oxygens (including phenoxy) is 4. The zero-order chi connectivity index (χ0) is 47.6. The Kier molecular flexibility index (Phi) is 15.5. The third kappa shape index (κ3) is 11.0. The number of nitrogens with zero attached hydrogens (tertiary/aromatic N) is 4. The highest BCUT2D eigenvalue weighted by Gasteiger charge is 2.33. The van der Waals surface area contributed by atoms with Crippen molar-refractivity contribution in [2.75, 3.05) is 34.4 Å². The van der Waals surface area contributed by atoms with Crippen LogP contribution in [0.25, 0.3) is 33.6 Å². The molecule has 3 heterocycles. The normalized spacial score (nSPS) is 14.0. The van der Waals surface area contributed by atoms with Crippen molar-refractivity contribution in [2.45, 2.75) is 71.1 Å². The minimum absolute atomic E-state index is 0.0680. The van der Waals surface area contributed by atoms with Gasteiger partial charge in [0.05, 0.1) is 69.7 Å². The number of rotatable bonds is 18. The molecule has 0 fully saturated rings. The fourth-order valence-electron chi connectivity index (χ4n) is 8.50. The number of aryl methyl sites for hydroxylation is 2. The predicted molar refractivity (Wildman–Crippen MR) is 253 cm³/mol. The Bertz CT molecular complexity index is 2650. The molecule has 16 heteroatoms. The van der Waals surface area contributed by atoms with Crippen LogP contribution in [0, 0.1) is 23.9 Å². The Hall–Kier alpha value is -7.35. The van der Waals surface area contributed by atoms with Gasteiger partial charge in [0.2, 0.25) is 5.91 Å². The summed E-state index contributed by atoms with van der Waals surface area (Å²) in [4.78, 5) is 59.1. The lowest BCUT2D eigenvalue weighted by Gasteiger charge is -2.35. The molecule has 5 N–H and O–H groups in total. The van der Waals surface area contributed by atoms with E-state index in [1.54, 1.807) is 47.5 Å². The molecule has 2 aromatic heterocycles. The first kappa shape index (κ1) is 47.6. The lowest BCUT2D eigenvalue weighted by atomic mass is 9.86. The minimum atomic E-state index is -1.04. The number of carbonyl (C=O) groups is 3. The van der Waals surface area contributed by atoms with Gasteiger partial charge in [-0.2, -0.15) is 0 Å². The quantitative estimate of drug-likeness (QED) is 0.0344. The summed E-state index contributed by atoms with van der Waals surface area (Å²) in [5.74, 6) is 4.09. The van der Waals surface area contributed by atoms with Crippen molar-refractivity contribution in [3.8, 4) is 51.4 Å². The van der Waals surface area contributed by atoms with E-state index in [9.17, 15) is 19.5 Å². The van der Waals surface area contributed by atoms with Crippen LogP contribution in [0.15, 0.2) is 92.2 Å². The number of amides is 3. The second-order valence-corrected chi connectivity index (χ2v) is 16.8. The molecule has 5 aromatic rings. The average Bonchev–Trinajstić information content (AvgIpc) is 4.00. The number of carbonyl (C=O) groups excluding carboxylic acids is 3. The van der Waals surface area contributed by atoms with Crippen LogP contribution in [-0.2, 0) is 51.5 Å². The molecule has 1 aliphatic heterocycles. The molecule has 0 radical (unpaired) electrons. The zero-order valence-corrected chi connectivity index (χ0v) is 38.6. The number of hydrogen-bond donors (Lipinski definition) is 5. The van der Waals surface area contributed by atoms with Gasteiger partial charge < -0.3 is 49.6 Å². The van der Waals surface area contributed by atoms with E-state index in [1.807, 2.05) is 30.9 Å². The zero-order valence-electron chi connectivity index (χ0n) is 38.6. The first-order chi connectivity index (χ1) is 32.4. The first-order valence-electron chi connectivity index (χ1n) is 22.2. The van der Waals surface area contributed by atoms with E-state index in [0.29, 0.717) is 43.3 Å². The number of aromatic nitrogens is 4. The number of methoxy groups -OCH3 is 3. The predicted octanol–water partition coefficient (Wildman–Crippen LogP) is 7.04. The van der Waals surface area contributed by atoms with Gasteiger partial charge in [-0.3, -0.25) is 9.69 Å². The van der Waals surface area contributed by atoms with Crippen molar-refractivity contribution in [3.63, 3.8) is 0 Å². The molecule has 2 unspecified atom stereocenters. The van der Waals surface area contributed by atoms with Crippen molar-refractivity contribution in [1.82, 2.24) is 40.4 Å². The van der Waals surface area contributed by atoms with Gasteiger partial charge in [0.15, 0.2) is 0 Å². The molecular formula is C51H58N8O8. The number of H-pyrrole nitrogens is 2. The molecule has 16 nitrogen and oxygen atoms in total. The van der Waals surface area contributed by atoms with E-state index in [-0.39, 0.29) is 24.9 Å². The summed E-state index contributed by atoms with van der Waals surface area (Å²) in [6, 6.07) is 17.9. The smallest absolute Gasteiger partial charge is 0.407 e. The van der Waals surface area contributed by atoms with Crippen LogP contribution in [0.3, 0.4) is 0 Å². The highest BCUT2D eigenvalue weighted by molar-refractivity contribution is 5.87. The van der Waals surface area contributed by atoms with Crippen LogP contribution in [-0.4, -0.2) is 99.6 Å². The van der Waals surface area contributed by atoms with E-state index in [4.69, 9.17) is 23.9 Å². The van der Waals surface area contributed by atoms with Crippen molar-refractivity contribution >= 4 is 18.1 Å². The Morgan fingerprint density at radius 2 is 1.70 bits per heavy atom. The van der Waals surface area contributed by atoms with Crippen LogP contribution in [0.2, 0.25) is 0 Å². The molecule has 1 aliphatic carbocycles. The second-order valence-electron chi connectivity index (χ2n) is 16.8. The van der Waals surface area contributed by atoms with E-state index in [2.05, 4.69) is 75.0 Å². The van der Waals surface area contributed by atoms with Gasteiger partial charge >= 0.3 is 12.2 Å². The molecule has 67 heavy (non-hydrogen) atoms. The number of alkyl carbamates (subject to hydrolysis) is 2. The molecule has 0 spiro atoms. The molecule has 3 amide bonds. The van der Waals surface area contributed by atoms with Gasteiger partial charge in [0.1, 0.15) is 42.4 Å². The Morgan fingerprint density at radius 1 is 0.925 bits per heavy atom. The molecule has 4 atom stereocenters. The van der Waals surface area contributed by atoms with Gasteiger partial charge in [-0.25, -0.2) is 19.6 Å². The van der Waals surface area contributed by atoms with Gasteiger partial charge in [0.25, 0.3) is 0 Å². The number of nitrogens with one attached hydrogen (secondary N) is 4. The van der Waals surface area contributed by atoms with Crippen molar-refractivity contribution in [1.29, 1.82) is 0 Å². The van der Waals surface area contributed by atoms with Gasteiger partial charge in [0, 0.05) is 24.2 Å². The lowest BCUT2D eigenvalue weighted by Crippen LogP contribution is -2.54. The molecule has 3 aromatic carbocycles. The molecule has 7 rings (SSSR count). The number of fused-ring (bicyclic) bond motifs is 6. The van der Waals surface area contributed by atoms with Crippen LogP contribution in [0.4, 0.5) is 9.59 Å². The number of aromatic amines is 2. The first-order valence-corrected chi connectivity index (χ1v) is 22.2. The molecule has 0 saturated carbocycles. The van der Waals surface area contributed by atoms with Crippen LogP contribution in [0.1, 0.15) is 60.3 Å². The molecule has 0 bridgehead atoms. The number of aliphatic hydroxyl groups is 1. The highest BCUT2D eigenvalue weighted by atomic mass is 16.5. The molecular weight excluding hydrogens is 853 g/mol. The summed E-state index contributed by atoms with van der Waals surface area (Å²) in [6.45, 7) is 13.1. The van der Waals surface area contributed by atoms with Gasteiger partial charge in [-0.15, -0.1) is 13.2 Å². The summed E-state index contributed by atoms with van der Waals surface area (Å²) in [5, 5.41) is 17.0. The fraction of sp³-hybridized carbons (Fsp3) is 0.353. The summed E-state index contributed by atoms with van der Waals surface area (Å²) >= 11 is 0. The Balaban J connectivity index is 1.11. The Morgan fingerprint density at radius 3 is 2.42 bits per heavy atom. The van der Waals surface area contributed by atoms with Crippen molar-refractivity contribution < 1.29 is 38.4 Å². The summed E-state index contributed by atoms with van der Waals surface area (Å²) in [6.07, 6.45) is 7.62. The summed E-state index contributed by atoms with van der Waals surface area (Å²) < 4.78 is 21.1. The third-order valence-corrected chi connectivity index (χ3v) is 12.0. The van der Waals surface area contributed by atoms with E-state index in [1.165, 1.54) is 26.9 Å². The van der Waals surface area contributed by atoms with Crippen LogP contribution < -0.4 is 15.4 Å². The standard InChI is InChI=1S/C51H58N8O8/c1-8-10-21-58(48(60)45(31(3)4)56-50(62)65-6)29-44-53-40-19-17-34-24-39-37-18-16-35(23-36(37)30-67-42(39)25-38(34)47(40)55-44)41-26-52-43(54-41)28-59(27-32(9-2)20-22-64-5)49(61)46(57-51(63)66-7)33-14-12-11-13-15-33/h8-9,11-16,18,23-26,31-32,45-46,48,60H,1-2,10,17,19,21,27-30H2,3-7H3,(H,52,54)(H,53,55)(H,56,62)(H,57,63)/t32?,45-,46+,48?/m0/s1. The van der Waals surface area contributed by atoms with E-state index in [0.717, 1.165) is 63.5 Å². The van der Waals surface area contributed by atoms with E-state index < -0.39 is 36.4 Å². The largest absolute Gasteiger partial charge is 0.488 e. The minimum Gasteiger partial charge on any atom is -0.488 e. The lowest BCUT2D eigenvalue weighted by molar-refractivity contribution is -0.134. The van der Waals surface area contributed by atoms with Crippen LogP contribution >= 0.6 is 0 Å². The summed E-state index contributed by atoms with van der Waals surface area (Å²) in [7, 11) is 4.02. The SMILES string of the molecule is C=CCCN(Cc1nc2c([nH]1)-c1cc3c(cc1CC2)-c1ccc(-c2cnc(CN(CC(C#COC)C=C)C(=O)[C@H](NC(=O)OC)c4ccccc4)[nH]2)cc1CO3)C(O)[C@@H](NC(=O)OC)C(C)C. The highest BCUT2D eigenvalue weighted by Crippen LogP contribution is 2.44. The topological polar surface area (TPSA) is 196 Å². The monoisotopic (exact) mass is 910 g/mol. The number of imidazole rings is 2. The van der Waals surface area contributed by atoms with Crippen LogP contribution in [0.5, 0.6) is 5.75 Å². The number of aliphatic hydroxyl groups excluding tert-OH is 1. The molecule has 350 valence electrons. The third-order valence-electron chi connectivity index (χ3n) is 12.0. The Labute approximate surface area is 390 Å². The maximum absolute atomic E-state index is 14.3. The van der Waals surface area contributed by atoms with Crippen molar-refractivity contribution in [2.24, 2.45) is 11.8 Å². The van der Waals surface area contributed by atoms with Crippen molar-refractivity contribution in [3.05, 3.63) is 126 Å². The second kappa shape index (κ2) is 21.8. The fourth-order valence-corrected chi connectivity index (χ4v) is 8.50. The maximum Gasteiger partial charge on any atom is 0.407 e.